The molecule has 1 fully saturated rings. The van der Waals surface area contributed by atoms with Gasteiger partial charge in [0.25, 0.3) is 0 Å². The standard InChI is InChI=1S/C11H14N2O.ClH/c12-8-9-7-11(2-1-10(9)14)3-5-13-6-4-11;/h7,13H,1-6H2;1H. The molecule has 3 nitrogen and oxygen atoms in total. The molecule has 1 aliphatic carbocycles. The number of Topliss-reactive ketones (excluding diaryl/α,β-unsaturated/α-hetero) is 1. The molecule has 1 heterocycles. The van der Waals surface area contributed by atoms with E-state index in [0.29, 0.717) is 12.0 Å². The predicted octanol–water partition coefficient (Wildman–Crippen LogP) is 1.59. The van der Waals surface area contributed by atoms with Crippen LogP contribution >= 0.6 is 12.4 Å². The van der Waals surface area contributed by atoms with E-state index in [4.69, 9.17) is 5.26 Å². The predicted molar refractivity (Wildman–Crippen MR) is 59.7 cm³/mol. The van der Waals surface area contributed by atoms with Crippen LogP contribution < -0.4 is 5.32 Å². The zero-order valence-electron chi connectivity index (χ0n) is 8.58. The topological polar surface area (TPSA) is 52.9 Å². The Bertz CT molecular complexity index is 324. The Balaban J connectivity index is 0.00000112. The summed E-state index contributed by atoms with van der Waals surface area (Å²) in [5.74, 6) is 0.0247. The second-order valence-electron chi connectivity index (χ2n) is 4.21. The Kier molecular flexibility index (Phi) is 3.90. The van der Waals surface area contributed by atoms with Crippen molar-refractivity contribution >= 4 is 18.2 Å². The van der Waals surface area contributed by atoms with Gasteiger partial charge in [0.15, 0.2) is 5.78 Å². The van der Waals surface area contributed by atoms with Gasteiger partial charge in [-0.25, -0.2) is 0 Å². The van der Waals surface area contributed by atoms with Crippen LogP contribution in [0.3, 0.4) is 0 Å². The number of ketones is 1. The first-order valence-electron chi connectivity index (χ1n) is 5.13. The Labute approximate surface area is 95.9 Å². The molecule has 0 bridgehead atoms. The molecule has 0 aromatic heterocycles. The number of nitrogens with zero attached hydrogens (tertiary/aromatic N) is 1. The van der Waals surface area contributed by atoms with Gasteiger partial charge < -0.3 is 5.32 Å². The highest BCUT2D eigenvalue weighted by atomic mass is 35.5. The van der Waals surface area contributed by atoms with Crippen molar-refractivity contribution in [1.29, 1.82) is 5.26 Å². The van der Waals surface area contributed by atoms with E-state index in [2.05, 4.69) is 5.32 Å². The number of carbonyl (C=O) groups is 1. The van der Waals surface area contributed by atoms with E-state index in [-0.39, 0.29) is 23.6 Å². The van der Waals surface area contributed by atoms with Crippen molar-refractivity contribution in [1.82, 2.24) is 5.32 Å². The van der Waals surface area contributed by atoms with E-state index in [1.54, 1.807) is 0 Å². The zero-order chi connectivity index (χ0) is 10.0. The van der Waals surface area contributed by atoms with Crippen LogP contribution in [0.1, 0.15) is 25.7 Å². The van der Waals surface area contributed by atoms with Crippen LogP contribution in [0.15, 0.2) is 11.6 Å². The summed E-state index contributed by atoms with van der Waals surface area (Å²) in [4.78, 5) is 11.3. The van der Waals surface area contributed by atoms with Crippen molar-refractivity contribution in [3.8, 4) is 6.07 Å². The van der Waals surface area contributed by atoms with Crippen molar-refractivity contribution in [2.45, 2.75) is 25.7 Å². The first-order chi connectivity index (χ1) is 6.76. The lowest BCUT2D eigenvalue weighted by Gasteiger charge is -2.37. The van der Waals surface area contributed by atoms with E-state index in [1.807, 2.05) is 12.1 Å². The molecule has 1 saturated heterocycles. The number of halogens is 1. The van der Waals surface area contributed by atoms with Gasteiger partial charge in [0, 0.05) is 6.42 Å². The summed E-state index contributed by atoms with van der Waals surface area (Å²) in [5, 5.41) is 12.1. The first-order valence-corrected chi connectivity index (χ1v) is 5.13. The molecule has 0 radical (unpaired) electrons. The van der Waals surface area contributed by atoms with Crippen molar-refractivity contribution in [2.24, 2.45) is 5.41 Å². The third-order valence-electron chi connectivity index (χ3n) is 3.32. The number of carbonyl (C=O) groups excluding carboxylic acids is 1. The maximum absolute atomic E-state index is 11.3. The number of rotatable bonds is 0. The number of hydrogen-bond acceptors (Lipinski definition) is 3. The summed E-state index contributed by atoms with van der Waals surface area (Å²) < 4.78 is 0. The lowest BCUT2D eigenvalue weighted by atomic mass is 9.70. The molecule has 0 aromatic carbocycles. The van der Waals surface area contributed by atoms with E-state index < -0.39 is 0 Å². The van der Waals surface area contributed by atoms with Crippen molar-refractivity contribution in [3.05, 3.63) is 11.6 Å². The van der Waals surface area contributed by atoms with Crippen LogP contribution in [-0.2, 0) is 4.79 Å². The van der Waals surface area contributed by atoms with Crippen LogP contribution in [-0.4, -0.2) is 18.9 Å². The quantitative estimate of drug-likeness (QED) is 0.683. The van der Waals surface area contributed by atoms with Gasteiger partial charge in [-0.1, -0.05) is 6.08 Å². The highest BCUT2D eigenvalue weighted by molar-refractivity contribution is 5.99. The van der Waals surface area contributed by atoms with E-state index in [1.165, 1.54) is 0 Å². The van der Waals surface area contributed by atoms with Crippen molar-refractivity contribution in [2.75, 3.05) is 13.1 Å². The molecule has 82 valence electrons. The first kappa shape index (κ1) is 12.2. The summed E-state index contributed by atoms with van der Waals surface area (Å²) in [6.07, 6.45) is 5.54. The minimum Gasteiger partial charge on any atom is -0.317 e. The third-order valence-corrected chi connectivity index (χ3v) is 3.32. The molecule has 15 heavy (non-hydrogen) atoms. The average molecular weight is 227 g/mol. The van der Waals surface area contributed by atoms with Gasteiger partial charge in [-0.05, 0) is 37.8 Å². The molecule has 2 aliphatic rings. The Morgan fingerprint density at radius 3 is 2.60 bits per heavy atom. The lowest BCUT2D eigenvalue weighted by molar-refractivity contribution is -0.116. The normalized spacial score (nSPS) is 23.9. The average Bonchev–Trinajstić information content (AvgIpc) is 2.23. The fraction of sp³-hybridized carbons (Fsp3) is 0.636. The zero-order valence-corrected chi connectivity index (χ0v) is 9.40. The second-order valence-corrected chi connectivity index (χ2v) is 4.21. The highest BCUT2D eigenvalue weighted by Crippen LogP contribution is 2.39. The minimum absolute atomic E-state index is 0. The van der Waals surface area contributed by atoms with Gasteiger partial charge in [-0.3, -0.25) is 4.79 Å². The summed E-state index contributed by atoms with van der Waals surface area (Å²) in [6.45, 7) is 2.01. The van der Waals surface area contributed by atoms with Gasteiger partial charge in [-0.2, -0.15) is 5.26 Å². The Hall–Kier alpha value is -0.850. The Morgan fingerprint density at radius 1 is 1.33 bits per heavy atom. The molecular formula is C11H15ClN2O. The van der Waals surface area contributed by atoms with Gasteiger partial charge in [0.1, 0.15) is 6.07 Å². The minimum atomic E-state index is 0. The summed E-state index contributed by atoms with van der Waals surface area (Å²) in [6, 6.07) is 2.02. The maximum Gasteiger partial charge on any atom is 0.173 e. The fourth-order valence-corrected chi connectivity index (χ4v) is 2.37. The monoisotopic (exact) mass is 226 g/mol. The SMILES string of the molecule is Cl.N#CC1=CC2(CCNCC2)CCC1=O. The molecule has 4 heteroatoms. The van der Waals surface area contributed by atoms with Crippen molar-refractivity contribution in [3.63, 3.8) is 0 Å². The number of piperidine rings is 1. The highest BCUT2D eigenvalue weighted by Gasteiger charge is 2.35. The van der Waals surface area contributed by atoms with Crippen LogP contribution in [0.25, 0.3) is 0 Å². The van der Waals surface area contributed by atoms with Crippen molar-refractivity contribution < 1.29 is 4.79 Å². The lowest BCUT2D eigenvalue weighted by Crippen LogP contribution is -2.37. The van der Waals surface area contributed by atoms with E-state index in [0.717, 1.165) is 32.4 Å². The fourth-order valence-electron chi connectivity index (χ4n) is 2.37. The van der Waals surface area contributed by atoms with Crippen LogP contribution in [0.5, 0.6) is 0 Å². The molecule has 2 rings (SSSR count). The number of allylic oxidation sites excluding steroid dienone is 2. The summed E-state index contributed by atoms with van der Waals surface area (Å²) in [7, 11) is 0. The van der Waals surface area contributed by atoms with E-state index >= 15 is 0 Å². The molecule has 1 spiro atoms. The van der Waals surface area contributed by atoms with Gasteiger partial charge >= 0.3 is 0 Å². The molecule has 0 saturated carbocycles. The Morgan fingerprint density at radius 2 is 2.00 bits per heavy atom. The molecular weight excluding hydrogens is 212 g/mol. The molecule has 0 amide bonds. The molecule has 1 N–H and O–H groups in total. The molecule has 0 aromatic rings. The number of nitriles is 1. The van der Waals surface area contributed by atoms with E-state index in [9.17, 15) is 4.79 Å². The van der Waals surface area contributed by atoms with Gasteiger partial charge in [0.2, 0.25) is 0 Å². The van der Waals surface area contributed by atoms with Gasteiger partial charge in [-0.15, -0.1) is 12.4 Å². The molecule has 0 atom stereocenters. The summed E-state index contributed by atoms with van der Waals surface area (Å²) in [5.41, 5.74) is 0.530. The van der Waals surface area contributed by atoms with Crippen LogP contribution in [0, 0.1) is 16.7 Å². The maximum atomic E-state index is 11.3. The van der Waals surface area contributed by atoms with Crippen LogP contribution in [0.2, 0.25) is 0 Å². The smallest absolute Gasteiger partial charge is 0.173 e. The number of nitrogens with one attached hydrogen (secondary N) is 1. The number of hydrogen-bond donors (Lipinski definition) is 1. The van der Waals surface area contributed by atoms with Gasteiger partial charge in [0.05, 0.1) is 5.57 Å². The third kappa shape index (κ3) is 2.39. The molecule has 0 unspecified atom stereocenters. The van der Waals surface area contributed by atoms with Crippen LogP contribution in [0.4, 0.5) is 0 Å². The molecule has 1 aliphatic heterocycles. The summed E-state index contributed by atoms with van der Waals surface area (Å²) >= 11 is 0. The largest absolute Gasteiger partial charge is 0.317 e. The second kappa shape index (κ2) is 4.78.